The first-order valence-corrected chi connectivity index (χ1v) is 12.3. The van der Waals surface area contributed by atoms with E-state index in [9.17, 15) is 4.79 Å². The van der Waals surface area contributed by atoms with Gasteiger partial charge in [0, 0.05) is 43.5 Å². The lowest BCUT2D eigenvalue weighted by atomic mass is 9.96. The van der Waals surface area contributed by atoms with Crippen LogP contribution in [-0.4, -0.2) is 38.3 Å². The van der Waals surface area contributed by atoms with Gasteiger partial charge in [-0.1, -0.05) is 18.2 Å². The van der Waals surface area contributed by atoms with Crippen LogP contribution in [0.1, 0.15) is 57.1 Å². The average molecular weight is 459 g/mol. The van der Waals surface area contributed by atoms with Gasteiger partial charge in [-0.3, -0.25) is 9.20 Å². The number of hydrogen-bond donors (Lipinski definition) is 2. The molecular formula is C25H26N6OS. The second-order valence-corrected chi connectivity index (χ2v) is 9.91. The van der Waals surface area contributed by atoms with Crippen molar-refractivity contribution >= 4 is 34.3 Å². The van der Waals surface area contributed by atoms with Crippen LogP contribution in [0.5, 0.6) is 0 Å². The van der Waals surface area contributed by atoms with E-state index >= 15 is 0 Å². The van der Waals surface area contributed by atoms with Crippen molar-refractivity contribution in [2.45, 2.75) is 38.1 Å². The van der Waals surface area contributed by atoms with E-state index in [4.69, 9.17) is 10.7 Å². The maximum absolute atomic E-state index is 12.9. The molecule has 8 heteroatoms. The quantitative estimate of drug-likeness (QED) is 0.475. The lowest BCUT2D eigenvalue weighted by Crippen LogP contribution is -2.37. The molecule has 6 rings (SSSR count). The van der Waals surface area contributed by atoms with Crippen molar-refractivity contribution in [3.63, 3.8) is 0 Å². The monoisotopic (exact) mass is 458 g/mol. The van der Waals surface area contributed by atoms with Gasteiger partial charge in [0.05, 0.1) is 16.6 Å². The molecule has 1 unspecified atom stereocenters. The molecule has 1 saturated heterocycles. The SMILES string of the molecule is Cc1csc(C(=O)N2CCC(c3nc(C4Cc5ccccc5N4)c4c(N)nccn34)CC2)c1. The zero-order chi connectivity index (χ0) is 22.5. The molecule has 1 fully saturated rings. The van der Waals surface area contributed by atoms with Gasteiger partial charge in [-0.05, 0) is 48.4 Å². The Labute approximate surface area is 196 Å². The fraction of sp³-hybridized carbons (Fsp3) is 0.320. The van der Waals surface area contributed by atoms with E-state index in [2.05, 4.69) is 32.9 Å². The van der Waals surface area contributed by atoms with Crippen molar-refractivity contribution in [3.05, 3.63) is 75.6 Å². The predicted octanol–water partition coefficient (Wildman–Crippen LogP) is 4.41. The van der Waals surface area contributed by atoms with Crippen LogP contribution >= 0.6 is 11.3 Å². The van der Waals surface area contributed by atoms with Crippen LogP contribution < -0.4 is 11.1 Å². The number of rotatable bonds is 3. The van der Waals surface area contributed by atoms with Gasteiger partial charge in [0.15, 0.2) is 0 Å². The molecule has 0 aliphatic carbocycles. The van der Waals surface area contributed by atoms with E-state index in [-0.39, 0.29) is 17.9 Å². The summed E-state index contributed by atoms with van der Waals surface area (Å²) in [5.74, 6) is 1.93. The number of fused-ring (bicyclic) bond motifs is 2. The van der Waals surface area contributed by atoms with E-state index in [1.165, 1.54) is 16.9 Å². The second-order valence-electron chi connectivity index (χ2n) is 9.00. The maximum Gasteiger partial charge on any atom is 0.263 e. The summed E-state index contributed by atoms with van der Waals surface area (Å²) in [6.07, 6.45) is 6.35. The van der Waals surface area contributed by atoms with Crippen molar-refractivity contribution in [3.8, 4) is 0 Å². The molecule has 2 aliphatic rings. The molecule has 1 aromatic carbocycles. The zero-order valence-corrected chi connectivity index (χ0v) is 19.3. The van der Waals surface area contributed by atoms with E-state index < -0.39 is 0 Å². The highest BCUT2D eigenvalue weighted by Crippen LogP contribution is 2.38. The molecule has 0 radical (unpaired) electrons. The molecule has 3 aromatic heterocycles. The van der Waals surface area contributed by atoms with E-state index in [1.807, 2.05) is 35.5 Å². The lowest BCUT2D eigenvalue weighted by Gasteiger charge is -2.31. The largest absolute Gasteiger partial charge is 0.382 e. The van der Waals surface area contributed by atoms with Crippen LogP contribution in [0.4, 0.5) is 11.5 Å². The number of thiophene rings is 1. The molecule has 7 nitrogen and oxygen atoms in total. The number of hydrogen-bond acceptors (Lipinski definition) is 6. The van der Waals surface area contributed by atoms with Crippen molar-refractivity contribution in [1.82, 2.24) is 19.3 Å². The number of amides is 1. The van der Waals surface area contributed by atoms with Gasteiger partial charge in [0.2, 0.25) is 0 Å². The third-order valence-electron chi connectivity index (χ3n) is 6.83. The van der Waals surface area contributed by atoms with Crippen molar-refractivity contribution in [2.75, 3.05) is 24.1 Å². The molecule has 3 N–H and O–H groups in total. The van der Waals surface area contributed by atoms with Crippen molar-refractivity contribution < 1.29 is 4.79 Å². The molecule has 0 spiro atoms. The summed E-state index contributed by atoms with van der Waals surface area (Å²) in [6, 6.07) is 10.4. The van der Waals surface area contributed by atoms with E-state index in [0.717, 1.165) is 65.5 Å². The van der Waals surface area contributed by atoms with Crippen molar-refractivity contribution in [2.24, 2.45) is 0 Å². The minimum absolute atomic E-state index is 0.0707. The number of nitrogens with zero attached hydrogens (tertiary/aromatic N) is 4. The van der Waals surface area contributed by atoms with Crippen LogP contribution in [0, 0.1) is 6.92 Å². The number of imidazole rings is 1. The standard InChI is InChI=1S/C25H26N6OS/c1-15-12-20(33-14-15)25(32)30-9-6-16(7-10-30)24-29-21(22-23(26)27-8-11-31(22)24)19-13-17-4-2-3-5-18(17)28-19/h2-5,8,11-12,14,16,19,28H,6-7,9-10,13H2,1H3,(H2,26,27). The fourth-order valence-corrected chi connectivity index (χ4v) is 6.01. The molecule has 33 heavy (non-hydrogen) atoms. The van der Waals surface area contributed by atoms with E-state index in [1.54, 1.807) is 6.20 Å². The number of likely N-dealkylation sites (tertiary alicyclic amines) is 1. The summed E-state index contributed by atoms with van der Waals surface area (Å²) in [7, 11) is 0. The maximum atomic E-state index is 12.9. The number of nitrogen functional groups attached to an aromatic ring is 1. The van der Waals surface area contributed by atoms with Crippen LogP contribution in [0.2, 0.25) is 0 Å². The van der Waals surface area contributed by atoms with Gasteiger partial charge in [-0.2, -0.15) is 0 Å². The third kappa shape index (κ3) is 3.45. The number of nitrogens with two attached hydrogens (primary N) is 1. The number of aryl methyl sites for hydroxylation is 1. The molecule has 4 aromatic rings. The van der Waals surface area contributed by atoms with Gasteiger partial charge >= 0.3 is 0 Å². The molecular weight excluding hydrogens is 432 g/mol. The molecule has 1 atom stereocenters. The van der Waals surface area contributed by atoms with E-state index in [0.29, 0.717) is 5.82 Å². The molecule has 2 aliphatic heterocycles. The first kappa shape index (κ1) is 20.2. The Balaban J connectivity index is 1.27. The molecule has 168 valence electrons. The van der Waals surface area contributed by atoms with Crippen LogP contribution in [0.15, 0.2) is 48.1 Å². The van der Waals surface area contributed by atoms with Crippen LogP contribution in [-0.2, 0) is 6.42 Å². The number of benzene rings is 1. The Morgan fingerprint density at radius 2 is 2.06 bits per heavy atom. The Hall–Kier alpha value is -3.39. The van der Waals surface area contributed by atoms with Gasteiger partial charge < -0.3 is 16.0 Å². The highest BCUT2D eigenvalue weighted by molar-refractivity contribution is 7.12. The van der Waals surface area contributed by atoms with Crippen LogP contribution in [0.25, 0.3) is 5.52 Å². The van der Waals surface area contributed by atoms with Gasteiger partial charge in [-0.15, -0.1) is 11.3 Å². The normalized spacial score (nSPS) is 18.5. The highest BCUT2D eigenvalue weighted by Gasteiger charge is 2.32. The third-order valence-corrected chi connectivity index (χ3v) is 7.86. The second kappa shape index (κ2) is 7.88. The molecule has 5 heterocycles. The van der Waals surface area contributed by atoms with Gasteiger partial charge in [-0.25, -0.2) is 9.97 Å². The zero-order valence-electron chi connectivity index (χ0n) is 18.5. The van der Waals surface area contributed by atoms with Crippen molar-refractivity contribution in [1.29, 1.82) is 0 Å². The highest BCUT2D eigenvalue weighted by atomic mass is 32.1. The first-order chi connectivity index (χ1) is 16.1. The van der Waals surface area contributed by atoms with Gasteiger partial charge in [0.1, 0.15) is 17.2 Å². The number of carbonyl (C=O) groups is 1. The molecule has 1 amide bonds. The Kier molecular flexibility index (Phi) is 4.83. The number of nitrogens with one attached hydrogen (secondary N) is 1. The Morgan fingerprint density at radius 1 is 1.24 bits per heavy atom. The minimum atomic E-state index is 0.0707. The summed E-state index contributed by atoms with van der Waals surface area (Å²) in [4.78, 5) is 25.2. The lowest BCUT2D eigenvalue weighted by molar-refractivity contribution is 0.0716. The fourth-order valence-electron chi connectivity index (χ4n) is 5.15. The summed E-state index contributed by atoms with van der Waals surface area (Å²) in [6.45, 7) is 3.50. The predicted molar refractivity (Wildman–Crippen MR) is 131 cm³/mol. The first-order valence-electron chi connectivity index (χ1n) is 11.4. The molecule has 0 saturated carbocycles. The summed E-state index contributed by atoms with van der Waals surface area (Å²) in [5.41, 5.74) is 11.8. The summed E-state index contributed by atoms with van der Waals surface area (Å²) in [5, 5.41) is 5.65. The summed E-state index contributed by atoms with van der Waals surface area (Å²) < 4.78 is 2.12. The summed E-state index contributed by atoms with van der Waals surface area (Å²) >= 11 is 1.53. The smallest absolute Gasteiger partial charge is 0.263 e. The van der Waals surface area contributed by atoms with Crippen LogP contribution in [0.3, 0.4) is 0 Å². The topological polar surface area (TPSA) is 88.5 Å². The molecule has 0 bridgehead atoms. The Bertz CT molecular complexity index is 1330. The number of piperidine rings is 1. The number of anilines is 2. The number of carbonyl (C=O) groups excluding carboxylic acids is 1. The number of para-hydroxylation sites is 1. The average Bonchev–Trinajstić information content (AvgIpc) is 3.55. The Morgan fingerprint density at radius 3 is 2.82 bits per heavy atom. The number of aromatic nitrogens is 3. The minimum Gasteiger partial charge on any atom is -0.382 e. The van der Waals surface area contributed by atoms with Gasteiger partial charge in [0.25, 0.3) is 5.91 Å².